The Kier molecular flexibility index (Phi) is 8.11. The summed E-state index contributed by atoms with van der Waals surface area (Å²) >= 11 is 0. The second kappa shape index (κ2) is 6.64. The Morgan fingerprint density at radius 1 is 1.50 bits per heavy atom. The summed E-state index contributed by atoms with van der Waals surface area (Å²) in [5.41, 5.74) is 0. The molecule has 0 rings (SSSR count). The summed E-state index contributed by atoms with van der Waals surface area (Å²) in [5.74, 6) is -0.520. The summed E-state index contributed by atoms with van der Waals surface area (Å²) in [5, 5.41) is 2.40. The van der Waals surface area contributed by atoms with Crippen LogP contribution in [0.2, 0.25) is 0 Å². The fraction of sp³-hybridized carbons (Fsp3) is 0.800. The number of hydrogen-bond acceptors (Lipinski definition) is 3. The van der Waals surface area contributed by atoms with Gasteiger partial charge in [-0.05, 0) is 6.42 Å². The molecule has 0 saturated heterocycles. The molecule has 0 aromatic rings. The molecular weight excluding hydrogens is 194 g/mol. The number of amides is 1. The quantitative estimate of drug-likeness (QED) is 0.351. The van der Waals surface area contributed by atoms with Crippen molar-refractivity contribution in [1.29, 1.82) is 0 Å². The number of carbonyl (C=O) groups excluding carboxylic acids is 1. The molecule has 0 aliphatic carbocycles. The fourth-order valence-electron chi connectivity index (χ4n) is 0.519. The molecule has 68 valence electrons. The number of carbonyl (C=O) groups is 1. The largest absolute Gasteiger partial charge is 0.356 e. The number of nitrogens with one attached hydrogen (secondary N) is 1. The zero-order chi connectivity index (χ0) is 8.91. The second-order valence-corrected chi connectivity index (χ2v) is 3.69. The molecule has 0 unspecified atom stereocenters. The van der Waals surface area contributed by atoms with Gasteiger partial charge < -0.3 is 5.32 Å². The third-order valence-electron chi connectivity index (χ3n) is 0.953. The minimum absolute atomic E-state index is 0. The Morgan fingerprint density at radius 3 is 2.33 bits per heavy atom. The molecule has 5 nitrogen and oxygen atoms in total. The molecule has 2 radical (unpaired) electrons. The topological polar surface area (TPSA) is 83.5 Å². The molecule has 0 spiro atoms. The minimum atomic E-state index is -3.87. The predicted molar refractivity (Wildman–Crippen MR) is 45.5 cm³/mol. The van der Waals surface area contributed by atoms with Crippen molar-refractivity contribution in [3.63, 3.8) is 0 Å². The Balaban J connectivity index is 0. The van der Waals surface area contributed by atoms with Gasteiger partial charge in [-0.25, -0.2) is 0 Å². The zero-order valence-corrected chi connectivity index (χ0v) is 9.14. The lowest BCUT2D eigenvalue weighted by Gasteiger charge is -1.98. The smallest absolute Gasteiger partial charge is 0.264 e. The Labute approximate surface area is 87.8 Å². The van der Waals surface area contributed by atoms with Crippen molar-refractivity contribution < 1.29 is 17.8 Å². The van der Waals surface area contributed by atoms with Crippen LogP contribution in [-0.2, 0) is 14.9 Å². The van der Waals surface area contributed by atoms with E-state index in [2.05, 4.69) is 5.32 Å². The molecule has 0 aliphatic rings. The lowest BCUT2D eigenvalue weighted by Crippen LogP contribution is -2.22. The molecular formula is C5H11MgNO4S. The van der Waals surface area contributed by atoms with Crippen molar-refractivity contribution in [2.24, 2.45) is 0 Å². The third-order valence-corrected chi connectivity index (χ3v) is 1.76. The van der Waals surface area contributed by atoms with E-state index in [1.165, 1.54) is 6.92 Å². The first-order valence-electron chi connectivity index (χ1n) is 3.11. The van der Waals surface area contributed by atoms with Crippen molar-refractivity contribution in [3.05, 3.63) is 0 Å². The molecule has 0 fully saturated rings. The molecule has 0 heterocycles. The van der Waals surface area contributed by atoms with Crippen LogP contribution in [-0.4, -0.2) is 54.2 Å². The maximum Gasteiger partial charge on any atom is 0.264 e. The predicted octanol–water partition coefficient (Wildman–Crippen LogP) is -0.980. The van der Waals surface area contributed by atoms with Crippen LogP contribution < -0.4 is 5.32 Å². The van der Waals surface area contributed by atoms with Crippen LogP contribution in [0.3, 0.4) is 0 Å². The summed E-state index contributed by atoms with van der Waals surface area (Å²) in [4.78, 5) is 10.2. The molecule has 0 bridgehead atoms. The molecule has 0 aromatic heterocycles. The lowest BCUT2D eigenvalue weighted by molar-refractivity contribution is -0.118. The van der Waals surface area contributed by atoms with E-state index in [1.807, 2.05) is 0 Å². The SMILES string of the molecule is CC(=O)NCCCS(=O)(=O)O.[Mg]. The van der Waals surface area contributed by atoms with Gasteiger partial charge in [-0.15, -0.1) is 0 Å². The van der Waals surface area contributed by atoms with E-state index < -0.39 is 10.1 Å². The van der Waals surface area contributed by atoms with E-state index in [0.29, 0.717) is 0 Å². The van der Waals surface area contributed by atoms with Crippen LogP contribution in [0.25, 0.3) is 0 Å². The zero-order valence-electron chi connectivity index (χ0n) is 6.91. The first kappa shape index (κ1) is 14.7. The average molecular weight is 206 g/mol. The van der Waals surface area contributed by atoms with Gasteiger partial charge in [0, 0.05) is 36.5 Å². The third kappa shape index (κ3) is 12.8. The van der Waals surface area contributed by atoms with Crippen molar-refractivity contribution in [2.45, 2.75) is 13.3 Å². The summed E-state index contributed by atoms with van der Waals surface area (Å²) in [6.07, 6.45) is 0.235. The van der Waals surface area contributed by atoms with Crippen LogP contribution in [0.5, 0.6) is 0 Å². The van der Waals surface area contributed by atoms with Crippen molar-refractivity contribution >= 4 is 39.1 Å². The lowest BCUT2D eigenvalue weighted by atomic mass is 10.5. The van der Waals surface area contributed by atoms with Gasteiger partial charge in [-0.3, -0.25) is 9.35 Å². The molecule has 0 saturated carbocycles. The monoisotopic (exact) mass is 205 g/mol. The van der Waals surface area contributed by atoms with E-state index in [0.717, 1.165) is 0 Å². The molecule has 12 heavy (non-hydrogen) atoms. The minimum Gasteiger partial charge on any atom is -0.356 e. The van der Waals surface area contributed by atoms with Crippen molar-refractivity contribution in [2.75, 3.05) is 12.3 Å². The summed E-state index contributed by atoms with van der Waals surface area (Å²) in [6, 6.07) is 0. The summed E-state index contributed by atoms with van der Waals surface area (Å²) < 4.78 is 28.5. The van der Waals surface area contributed by atoms with Gasteiger partial charge in [0.15, 0.2) is 0 Å². The Bertz CT molecular complexity index is 226. The molecule has 2 N–H and O–H groups in total. The van der Waals surface area contributed by atoms with Crippen molar-refractivity contribution in [3.8, 4) is 0 Å². The van der Waals surface area contributed by atoms with Crippen LogP contribution in [0.4, 0.5) is 0 Å². The van der Waals surface area contributed by atoms with Gasteiger partial charge in [0.05, 0.1) is 5.75 Å². The highest BCUT2D eigenvalue weighted by atomic mass is 32.2. The first-order valence-corrected chi connectivity index (χ1v) is 4.72. The van der Waals surface area contributed by atoms with Crippen LogP contribution in [0, 0.1) is 0 Å². The standard InChI is InChI=1S/C5H11NO4S.Mg/c1-5(7)6-3-2-4-11(8,9)10;/h2-4H2,1H3,(H,6,7)(H,8,9,10);. The van der Waals surface area contributed by atoms with Gasteiger partial charge >= 0.3 is 0 Å². The molecule has 0 aromatic carbocycles. The maximum absolute atomic E-state index is 10.2. The maximum atomic E-state index is 10.2. The summed E-state index contributed by atoms with van der Waals surface area (Å²) in [6.45, 7) is 1.61. The Hall–Kier alpha value is 0.146. The number of hydrogen-bond donors (Lipinski definition) is 2. The highest BCUT2D eigenvalue weighted by Gasteiger charge is 2.02. The van der Waals surface area contributed by atoms with E-state index in [1.54, 1.807) is 0 Å². The van der Waals surface area contributed by atoms with Gasteiger partial charge in [-0.2, -0.15) is 8.42 Å². The van der Waals surface area contributed by atoms with Gasteiger partial charge in [0.25, 0.3) is 10.1 Å². The fourth-order valence-corrected chi connectivity index (χ4v) is 1.03. The van der Waals surface area contributed by atoms with Crippen molar-refractivity contribution in [1.82, 2.24) is 5.32 Å². The highest BCUT2D eigenvalue weighted by molar-refractivity contribution is 7.85. The highest BCUT2D eigenvalue weighted by Crippen LogP contribution is 1.85. The van der Waals surface area contributed by atoms with E-state index in [-0.39, 0.29) is 47.7 Å². The normalized spacial score (nSPS) is 10.2. The molecule has 0 aliphatic heterocycles. The molecule has 7 heteroatoms. The van der Waals surface area contributed by atoms with E-state index >= 15 is 0 Å². The van der Waals surface area contributed by atoms with E-state index in [4.69, 9.17) is 4.55 Å². The molecule has 0 atom stereocenters. The summed E-state index contributed by atoms with van der Waals surface area (Å²) in [7, 11) is -3.87. The van der Waals surface area contributed by atoms with Gasteiger partial charge in [0.1, 0.15) is 0 Å². The second-order valence-electron chi connectivity index (χ2n) is 2.12. The Morgan fingerprint density at radius 2 is 2.00 bits per heavy atom. The van der Waals surface area contributed by atoms with Crippen LogP contribution in [0.1, 0.15) is 13.3 Å². The molecule has 1 amide bonds. The van der Waals surface area contributed by atoms with E-state index in [9.17, 15) is 13.2 Å². The van der Waals surface area contributed by atoms with Crippen LogP contribution in [0.15, 0.2) is 0 Å². The number of rotatable bonds is 4. The average Bonchev–Trinajstić information content (AvgIpc) is 1.78. The van der Waals surface area contributed by atoms with Gasteiger partial charge in [-0.1, -0.05) is 0 Å². The van der Waals surface area contributed by atoms with Gasteiger partial charge in [0.2, 0.25) is 5.91 Å². The first-order chi connectivity index (χ1) is 4.92. The van der Waals surface area contributed by atoms with Crippen LogP contribution >= 0.6 is 0 Å².